The summed E-state index contributed by atoms with van der Waals surface area (Å²) >= 11 is 0. The second-order valence-electron chi connectivity index (χ2n) is 13.1. The number of aromatic nitrogens is 1. The van der Waals surface area contributed by atoms with Gasteiger partial charge in [0.05, 0.1) is 12.1 Å². The number of carbonyl (C=O) groups excluding carboxylic acids is 2. The molecule has 12 heteroatoms. The average molecular weight is 612 g/mol. The first-order valence-corrected chi connectivity index (χ1v) is 16.1. The lowest BCUT2D eigenvalue weighted by atomic mass is 9.83. The number of likely N-dealkylation sites (tertiary alicyclic amines) is 2. The molecule has 5 N–H and O–H groups in total. The molecule has 2 saturated carbocycles. The van der Waals surface area contributed by atoms with Gasteiger partial charge in [-0.3, -0.25) is 9.59 Å². The normalized spacial score (nSPS) is 25.9. The average Bonchev–Trinajstić information content (AvgIpc) is 3.73. The van der Waals surface area contributed by atoms with E-state index in [0.29, 0.717) is 18.5 Å². The summed E-state index contributed by atoms with van der Waals surface area (Å²) in [6.45, 7) is 0.629. The predicted molar refractivity (Wildman–Crippen MR) is 160 cm³/mol. The fourth-order valence-corrected chi connectivity index (χ4v) is 8.62. The molecule has 4 aliphatic rings. The molecule has 2 aromatic rings. The van der Waals surface area contributed by atoms with Crippen LogP contribution in [0.25, 0.3) is 10.9 Å². The van der Waals surface area contributed by atoms with Crippen molar-refractivity contribution in [1.82, 2.24) is 25.4 Å². The lowest BCUT2D eigenvalue weighted by molar-refractivity contribution is -0.138. The molecule has 11 nitrogen and oxygen atoms in total. The van der Waals surface area contributed by atoms with E-state index in [2.05, 4.69) is 15.6 Å². The first kappa shape index (κ1) is 30.2. The Kier molecular flexibility index (Phi) is 8.68. The topological polar surface area (TPSA) is 155 Å². The van der Waals surface area contributed by atoms with Gasteiger partial charge in [-0.15, -0.1) is 0 Å². The van der Waals surface area contributed by atoms with Crippen LogP contribution in [0.3, 0.4) is 0 Å². The van der Waals surface area contributed by atoms with E-state index >= 15 is 0 Å². The van der Waals surface area contributed by atoms with Gasteiger partial charge in [-0.2, -0.15) is 0 Å². The standard InChI is InChI=1S/C32H42FN5O6/c33-20-11-12-21-22(16-34-24(21)15-20)23-17-38(30(40)27(36-32(43)44)19-9-5-2-6-10-19)25-13-14-37(28(23)25)29(39)26(35-31(41)42)18-7-3-1-4-8-18/h11-12,15-16,18-19,23,25-28,34-36H,1-10,13-14,17H2,(H,41,42)(H,43,44)/t23-,25-,26+,27+,28-/m1/s1. The predicted octanol–water partition coefficient (Wildman–Crippen LogP) is 4.64. The van der Waals surface area contributed by atoms with Crippen LogP contribution < -0.4 is 10.6 Å². The SMILES string of the molecule is O=C(O)N[C@H](C(=O)N1CC[C@@H]2[C@H]1[C@@H](c1c[nH]c3cc(F)ccc13)CN2C(=O)[C@@H](NC(=O)O)C1CCCCC1)C1CCCCC1. The van der Waals surface area contributed by atoms with Gasteiger partial charge in [0.1, 0.15) is 17.9 Å². The highest BCUT2D eigenvalue weighted by Crippen LogP contribution is 2.44. The van der Waals surface area contributed by atoms with Crippen LogP contribution in [0, 0.1) is 17.7 Å². The summed E-state index contributed by atoms with van der Waals surface area (Å²) in [6.07, 6.45) is 8.80. The van der Waals surface area contributed by atoms with Crippen molar-refractivity contribution in [2.45, 2.75) is 101 Å². The number of benzene rings is 1. The number of H-pyrrole nitrogens is 1. The quantitative estimate of drug-likeness (QED) is 0.307. The van der Waals surface area contributed by atoms with Gasteiger partial charge in [-0.25, -0.2) is 14.0 Å². The monoisotopic (exact) mass is 611 g/mol. The Balaban J connectivity index is 1.36. The maximum atomic E-state index is 14.3. The number of hydrogen-bond acceptors (Lipinski definition) is 4. The van der Waals surface area contributed by atoms with Crippen molar-refractivity contribution >= 4 is 34.9 Å². The number of carbonyl (C=O) groups is 4. The number of nitrogens with one attached hydrogen (secondary N) is 3. The van der Waals surface area contributed by atoms with Crippen LogP contribution in [0.1, 0.15) is 82.1 Å². The molecule has 44 heavy (non-hydrogen) atoms. The Labute approximate surface area is 255 Å². The third-order valence-corrected chi connectivity index (χ3v) is 10.6. The van der Waals surface area contributed by atoms with Crippen LogP contribution in [0.4, 0.5) is 14.0 Å². The molecule has 0 bridgehead atoms. The van der Waals surface area contributed by atoms with Crippen molar-refractivity contribution in [1.29, 1.82) is 0 Å². The van der Waals surface area contributed by atoms with Crippen molar-refractivity contribution in [3.8, 4) is 0 Å². The molecule has 238 valence electrons. The van der Waals surface area contributed by atoms with Gasteiger partial charge in [0.2, 0.25) is 11.8 Å². The van der Waals surface area contributed by atoms with E-state index in [0.717, 1.165) is 75.2 Å². The zero-order valence-corrected chi connectivity index (χ0v) is 24.8. The largest absolute Gasteiger partial charge is 0.465 e. The minimum atomic E-state index is -1.24. The van der Waals surface area contributed by atoms with Gasteiger partial charge in [0.25, 0.3) is 0 Å². The number of hydrogen-bond donors (Lipinski definition) is 5. The summed E-state index contributed by atoms with van der Waals surface area (Å²) in [4.78, 5) is 59.0. The molecule has 0 radical (unpaired) electrons. The highest BCUT2D eigenvalue weighted by Gasteiger charge is 2.55. The van der Waals surface area contributed by atoms with Crippen LogP contribution >= 0.6 is 0 Å². The number of halogens is 1. The van der Waals surface area contributed by atoms with E-state index in [9.17, 15) is 33.8 Å². The lowest BCUT2D eigenvalue weighted by Gasteiger charge is -2.36. The first-order chi connectivity index (χ1) is 21.2. The Morgan fingerprint density at radius 2 is 1.39 bits per heavy atom. The minimum absolute atomic E-state index is 0.101. The number of aromatic amines is 1. The Hall–Kier alpha value is -3.83. The Morgan fingerprint density at radius 3 is 1.95 bits per heavy atom. The second-order valence-corrected chi connectivity index (χ2v) is 13.1. The number of amides is 4. The Morgan fingerprint density at radius 1 is 0.818 bits per heavy atom. The van der Waals surface area contributed by atoms with E-state index in [4.69, 9.17) is 0 Å². The van der Waals surface area contributed by atoms with Crippen LogP contribution in [0.15, 0.2) is 24.4 Å². The molecule has 6 rings (SSSR count). The zero-order valence-electron chi connectivity index (χ0n) is 24.8. The maximum Gasteiger partial charge on any atom is 0.405 e. The molecule has 4 amide bonds. The van der Waals surface area contributed by atoms with Gasteiger partial charge < -0.3 is 35.6 Å². The fraction of sp³-hybridized carbons (Fsp3) is 0.625. The third kappa shape index (κ3) is 5.82. The number of fused-ring (bicyclic) bond motifs is 2. The number of carboxylic acid groups (broad SMARTS) is 2. The molecule has 5 atom stereocenters. The first-order valence-electron chi connectivity index (χ1n) is 16.1. The summed E-state index contributed by atoms with van der Waals surface area (Å²) in [5, 5.41) is 25.2. The van der Waals surface area contributed by atoms with E-state index in [1.54, 1.807) is 15.9 Å². The zero-order chi connectivity index (χ0) is 31.0. The lowest BCUT2D eigenvalue weighted by Crippen LogP contribution is -2.56. The molecule has 4 fully saturated rings. The van der Waals surface area contributed by atoms with Gasteiger partial charge in [0.15, 0.2) is 0 Å². The third-order valence-electron chi connectivity index (χ3n) is 10.6. The molecule has 2 aliphatic heterocycles. The van der Waals surface area contributed by atoms with E-state index < -0.39 is 30.3 Å². The van der Waals surface area contributed by atoms with Crippen molar-refractivity contribution in [3.05, 3.63) is 35.8 Å². The van der Waals surface area contributed by atoms with E-state index in [1.807, 2.05) is 6.20 Å². The summed E-state index contributed by atoms with van der Waals surface area (Å²) in [7, 11) is 0. The van der Waals surface area contributed by atoms with E-state index in [-0.39, 0.29) is 48.0 Å². The summed E-state index contributed by atoms with van der Waals surface area (Å²) in [5.41, 5.74) is 1.46. The van der Waals surface area contributed by atoms with Crippen LogP contribution in [0.2, 0.25) is 0 Å². The summed E-state index contributed by atoms with van der Waals surface area (Å²) in [6, 6.07) is 1.95. The molecule has 1 aromatic heterocycles. The van der Waals surface area contributed by atoms with Crippen LogP contribution in [-0.2, 0) is 9.59 Å². The van der Waals surface area contributed by atoms with Crippen LogP contribution in [-0.4, -0.2) is 86.3 Å². The molecule has 2 aliphatic carbocycles. The summed E-state index contributed by atoms with van der Waals surface area (Å²) in [5.74, 6) is -1.46. The number of rotatable bonds is 7. The Bertz CT molecular complexity index is 1350. The molecule has 2 saturated heterocycles. The van der Waals surface area contributed by atoms with Gasteiger partial charge in [0, 0.05) is 36.1 Å². The molecular formula is C32H42FN5O6. The molecule has 0 unspecified atom stereocenters. The smallest absolute Gasteiger partial charge is 0.405 e. The highest BCUT2D eigenvalue weighted by molar-refractivity contribution is 5.90. The van der Waals surface area contributed by atoms with Gasteiger partial charge in [-0.1, -0.05) is 38.5 Å². The van der Waals surface area contributed by atoms with Crippen molar-refractivity contribution in [2.75, 3.05) is 13.1 Å². The molecule has 1 aromatic carbocycles. The van der Waals surface area contributed by atoms with Crippen LogP contribution in [0.5, 0.6) is 0 Å². The van der Waals surface area contributed by atoms with E-state index in [1.165, 1.54) is 12.1 Å². The molecular weight excluding hydrogens is 569 g/mol. The summed E-state index contributed by atoms with van der Waals surface area (Å²) < 4.78 is 14.1. The van der Waals surface area contributed by atoms with Crippen molar-refractivity contribution < 1.29 is 33.8 Å². The number of nitrogens with zero attached hydrogens (tertiary/aromatic N) is 2. The molecule has 0 spiro atoms. The maximum absolute atomic E-state index is 14.3. The second kappa shape index (κ2) is 12.6. The van der Waals surface area contributed by atoms with Crippen molar-refractivity contribution in [2.24, 2.45) is 11.8 Å². The minimum Gasteiger partial charge on any atom is -0.465 e. The van der Waals surface area contributed by atoms with Gasteiger partial charge in [-0.05, 0) is 67.7 Å². The van der Waals surface area contributed by atoms with Crippen molar-refractivity contribution in [3.63, 3.8) is 0 Å². The fourth-order valence-electron chi connectivity index (χ4n) is 8.62. The highest BCUT2D eigenvalue weighted by atomic mass is 19.1. The van der Waals surface area contributed by atoms with Gasteiger partial charge >= 0.3 is 12.2 Å². The molecule has 3 heterocycles.